The summed E-state index contributed by atoms with van der Waals surface area (Å²) >= 11 is 0. The summed E-state index contributed by atoms with van der Waals surface area (Å²) in [5.41, 5.74) is 1.29. The van der Waals surface area contributed by atoms with Crippen LogP contribution in [0.5, 0.6) is 5.75 Å². The minimum atomic E-state index is 0.381. The van der Waals surface area contributed by atoms with Gasteiger partial charge in [0.2, 0.25) is 0 Å². The standard InChI is InChI=1S/C18H30N2O/c1-14(2)12-20(13-16-8-7-11-19-16)15(3)17-9-5-6-10-18(17)21-4/h5-6,9-10,14-16,19H,7-8,11-13H2,1-4H3. The average molecular weight is 290 g/mol. The predicted molar refractivity (Wildman–Crippen MR) is 88.8 cm³/mol. The van der Waals surface area contributed by atoms with Crippen molar-refractivity contribution >= 4 is 0 Å². The van der Waals surface area contributed by atoms with E-state index in [9.17, 15) is 0 Å². The molecule has 2 rings (SSSR count). The zero-order valence-corrected chi connectivity index (χ0v) is 13.9. The smallest absolute Gasteiger partial charge is 0.123 e. The molecule has 1 aromatic rings. The monoisotopic (exact) mass is 290 g/mol. The molecule has 1 saturated heterocycles. The highest BCUT2D eigenvalue weighted by atomic mass is 16.5. The van der Waals surface area contributed by atoms with Gasteiger partial charge in [-0.15, -0.1) is 0 Å². The Hall–Kier alpha value is -1.06. The lowest BCUT2D eigenvalue weighted by molar-refractivity contribution is 0.169. The number of hydrogen-bond acceptors (Lipinski definition) is 3. The highest BCUT2D eigenvalue weighted by Crippen LogP contribution is 2.30. The molecule has 1 fully saturated rings. The summed E-state index contributed by atoms with van der Waals surface area (Å²) in [5, 5.41) is 3.62. The molecule has 3 heteroatoms. The van der Waals surface area contributed by atoms with E-state index in [1.165, 1.54) is 24.9 Å². The van der Waals surface area contributed by atoms with Crippen LogP contribution in [-0.4, -0.2) is 37.7 Å². The van der Waals surface area contributed by atoms with Crippen LogP contribution in [0, 0.1) is 5.92 Å². The summed E-state index contributed by atoms with van der Waals surface area (Å²) in [7, 11) is 1.76. The van der Waals surface area contributed by atoms with Crippen LogP contribution >= 0.6 is 0 Å². The molecular weight excluding hydrogens is 260 g/mol. The lowest BCUT2D eigenvalue weighted by Crippen LogP contribution is -2.40. The molecular formula is C18H30N2O. The van der Waals surface area contributed by atoms with Crippen molar-refractivity contribution < 1.29 is 4.74 Å². The predicted octanol–water partition coefficient (Wildman–Crippen LogP) is 3.47. The average Bonchev–Trinajstić information content (AvgIpc) is 2.98. The first kappa shape index (κ1) is 16.3. The number of nitrogens with one attached hydrogen (secondary N) is 1. The molecule has 1 aromatic carbocycles. The van der Waals surface area contributed by atoms with Crippen LogP contribution in [0.4, 0.5) is 0 Å². The third-order valence-electron chi connectivity index (χ3n) is 4.35. The van der Waals surface area contributed by atoms with Gasteiger partial charge in [-0.1, -0.05) is 32.0 Å². The number of nitrogens with zero attached hydrogens (tertiary/aromatic N) is 1. The summed E-state index contributed by atoms with van der Waals surface area (Å²) in [5.74, 6) is 1.67. The Balaban J connectivity index is 2.13. The molecule has 1 aliphatic rings. The SMILES string of the molecule is COc1ccccc1C(C)N(CC(C)C)CC1CCCN1. The van der Waals surface area contributed by atoms with Crippen LogP contribution < -0.4 is 10.1 Å². The van der Waals surface area contributed by atoms with Crippen LogP contribution in [0.2, 0.25) is 0 Å². The first-order chi connectivity index (χ1) is 10.1. The van der Waals surface area contributed by atoms with E-state index in [1.807, 2.05) is 6.07 Å². The van der Waals surface area contributed by atoms with Crippen LogP contribution in [0.1, 0.15) is 45.2 Å². The summed E-state index contributed by atoms with van der Waals surface area (Å²) in [6, 6.07) is 9.43. The van der Waals surface area contributed by atoms with Crippen molar-refractivity contribution in [2.75, 3.05) is 26.7 Å². The van der Waals surface area contributed by atoms with Crippen molar-refractivity contribution in [3.8, 4) is 5.75 Å². The van der Waals surface area contributed by atoms with E-state index < -0.39 is 0 Å². The molecule has 0 amide bonds. The number of para-hydroxylation sites is 1. The first-order valence-electron chi connectivity index (χ1n) is 8.22. The van der Waals surface area contributed by atoms with Crippen molar-refractivity contribution in [2.45, 2.75) is 45.7 Å². The Labute approximate surface area is 129 Å². The molecule has 1 heterocycles. The van der Waals surface area contributed by atoms with Gasteiger partial charge in [0.05, 0.1) is 7.11 Å². The molecule has 1 N–H and O–H groups in total. The molecule has 118 valence electrons. The summed E-state index contributed by atoms with van der Waals surface area (Å²) < 4.78 is 5.55. The Morgan fingerprint density at radius 3 is 2.67 bits per heavy atom. The fourth-order valence-corrected chi connectivity index (χ4v) is 3.26. The van der Waals surface area contributed by atoms with Crippen LogP contribution in [0.15, 0.2) is 24.3 Å². The molecule has 0 saturated carbocycles. The summed E-state index contributed by atoms with van der Waals surface area (Å²) in [6.07, 6.45) is 2.61. The maximum atomic E-state index is 5.55. The largest absolute Gasteiger partial charge is 0.496 e. The maximum absolute atomic E-state index is 5.55. The minimum absolute atomic E-state index is 0.381. The molecule has 0 spiro atoms. The Kier molecular flexibility index (Phi) is 6.07. The maximum Gasteiger partial charge on any atom is 0.123 e. The van der Waals surface area contributed by atoms with Gasteiger partial charge in [-0.3, -0.25) is 4.90 Å². The summed E-state index contributed by atoms with van der Waals surface area (Å²) in [4.78, 5) is 2.60. The Bertz CT molecular complexity index is 427. The molecule has 0 bridgehead atoms. The number of rotatable bonds is 7. The van der Waals surface area contributed by atoms with Gasteiger partial charge in [0.15, 0.2) is 0 Å². The van der Waals surface area contributed by atoms with Crippen molar-refractivity contribution in [1.82, 2.24) is 10.2 Å². The molecule has 0 aromatic heterocycles. The number of methoxy groups -OCH3 is 1. The van der Waals surface area contributed by atoms with Gasteiger partial charge >= 0.3 is 0 Å². The minimum Gasteiger partial charge on any atom is -0.496 e. The van der Waals surface area contributed by atoms with Crippen molar-refractivity contribution in [1.29, 1.82) is 0 Å². The molecule has 1 aliphatic heterocycles. The van der Waals surface area contributed by atoms with E-state index in [4.69, 9.17) is 4.74 Å². The normalized spacial score (nSPS) is 20.2. The van der Waals surface area contributed by atoms with E-state index in [-0.39, 0.29) is 0 Å². The molecule has 2 unspecified atom stereocenters. The van der Waals surface area contributed by atoms with Crippen LogP contribution in [0.25, 0.3) is 0 Å². The van der Waals surface area contributed by atoms with Crippen molar-refractivity contribution in [2.24, 2.45) is 5.92 Å². The van der Waals surface area contributed by atoms with Gasteiger partial charge in [-0.2, -0.15) is 0 Å². The highest BCUT2D eigenvalue weighted by Gasteiger charge is 2.24. The van der Waals surface area contributed by atoms with E-state index in [0.717, 1.165) is 18.8 Å². The van der Waals surface area contributed by atoms with Gasteiger partial charge in [0, 0.05) is 30.7 Å². The second kappa shape index (κ2) is 7.81. The van der Waals surface area contributed by atoms with E-state index in [0.29, 0.717) is 18.0 Å². The molecule has 0 radical (unpaired) electrons. The third-order valence-corrected chi connectivity index (χ3v) is 4.35. The lowest BCUT2D eigenvalue weighted by atomic mass is 10.0. The first-order valence-corrected chi connectivity index (χ1v) is 8.22. The number of hydrogen-bond donors (Lipinski definition) is 1. The number of ether oxygens (including phenoxy) is 1. The van der Waals surface area contributed by atoms with Gasteiger partial charge < -0.3 is 10.1 Å². The molecule has 2 atom stereocenters. The number of benzene rings is 1. The fraction of sp³-hybridized carbons (Fsp3) is 0.667. The zero-order valence-electron chi connectivity index (χ0n) is 13.9. The second-order valence-corrected chi connectivity index (χ2v) is 6.56. The fourth-order valence-electron chi connectivity index (χ4n) is 3.26. The van der Waals surface area contributed by atoms with Gasteiger partial charge in [0.1, 0.15) is 5.75 Å². The Morgan fingerprint density at radius 1 is 1.29 bits per heavy atom. The highest BCUT2D eigenvalue weighted by molar-refractivity contribution is 5.35. The molecule has 21 heavy (non-hydrogen) atoms. The zero-order chi connectivity index (χ0) is 15.2. The summed E-state index contributed by atoms with van der Waals surface area (Å²) in [6.45, 7) is 10.3. The Morgan fingerprint density at radius 2 is 2.05 bits per heavy atom. The van der Waals surface area contributed by atoms with Gasteiger partial charge in [-0.05, 0) is 38.3 Å². The third kappa shape index (κ3) is 4.45. The van der Waals surface area contributed by atoms with Crippen molar-refractivity contribution in [3.63, 3.8) is 0 Å². The quantitative estimate of drug-likeness (QED) is 0.832. The van der Waals surface area contributed by atoms with E-state index >= 15 is 0 Å². The van der Waals surface area contributed by atoms with E-state index in [1.54, 1.807) is 7.11 Å². The van der Waals surface area contributed by atoms with Gasteiger partial charge in [-0.25, -0.2) is 0 Å². The van der Waals surface area contributed by atoms with Crippen LogP contribution in [-0.2, 0) is 0 Å². The van der Waals surface area contributed by atoms with Crippen LogP contribution in [0.3, 0.4) is 0 Å². The van der Waals surface area contributed by atoms with Crippen molar-refractivity contribution in [3.05, 3.63) is 29.8 Å². The second-order valence-electron chi connectivity index (χ2n) is 6.56. The lowest BCUT2D eigenvalue weighted by Gasteiger charge is -2.33. The molecule has 3 nitrogen and oxygen atoms in total. The van der Waals surface area contributed by atoms with Gasteiger partial charge in [0.25, 0.3) is 0 Å². The van der Waals surface area contributed by atoms with E-state index in [2.05, 4.69) is 49.2 Å². The molecule has 0 aliphatic carbocycles. The topological polar surface area (TPSA) is 24.5 Å².